The molecular weight excluding hydrogens is 295 g/mol. The smallest absolute Gasteiger partial charge is 0.264 e. The van der Waals surface area contributed by atoms with Gasteiger partial charge in [0, 0.05) is 22.8 Å². The van der Waals surface area contributed by atoms with Gasteiger partial charge >= 0.3 is 0 Å². The Hall–Kier alpha value is -2.61. The number of nitrogen functional groups attached to an aromatic ring is 1. The fourth-order valence-electron chi connectivity index (χ4n) is 1.98. The summed E-state index contributed by atoms with van der Waals surface area (Å²) in [5.41, 5.74) is 6.97. The van der Waals surface area contributed by atoms with Gasteiger partial charge in [-0.3, -0.25) is 4.72 Å². The molecule has 0 unspecified atom stereocenters. The molecule has 6 nitrogen and oxygen atoms in total. The van der Waals surface area contributed by atoms with Gasteiger partial charge in [0.15, 0.2) is 0 Å². The normalized spacial score (nSPS) is 11.7. The van der Waals surface area contributed by atoms with Gasteiger partial charge < -0.3 is 10.7 Å². The summed E-state index contributed by atoms with van der Waals surface area (Å²) in [5.74, 6) is -0.683. The summed E-state index contributed by atoms with van der Waals surface area (Å²) in [5, 5.41) is 0.484. The summed E-state index contributed by atoms with van der Waals surface area (Å²) in [6.07, 6.45) is 2.49. The van der Waals surface area contributed by atoms with E-state index in [0.717, 1.165) is 12.3 Å². The minimum Gasteiger partial charge on any atom is -0.399 e. The summed E-state index contributed by atoms with van der Waals surface area (Å²) >= 11 is 0. The average molecular weight is 306 g/mol. The Kier molecular flexibility index (Phi) is 3.02. The van der Waals surface area contributed by atoms with Gasteiger partial charge in [-0.15, -0.1) is 0 Å². The minimum atomic E-state index is -3.83. The number of fused-ring (bicyclic) bond motifs is 1. The van der Waals surface area contributed by atoms with E-state index in [1.165, 1.54) is 12.3 Å². The molecule has 0 saturated carbocycles. The first-order valence-corrected chi connectivity index (χ1v) is 7.45. The van der Waals surface area contributed by atoms with E-state index in [4.69, 9.17) is 5.73 Å². The van der Waals surface area contributed by atoms with Crippen molar-refractivity contribution in [3.05, 3.63) is 48.7 Å². The lowest BCUT2D eigenvalue weighted by atomic mass is 10.2. The molecule has 0 amide bonds. The number of aromatic amines is 1. The molecule has 1 aromatic carbocycles. The Morgan fingerprint density at radius 1 is 1.24 bits per heavy atom. The third kappa shape index (κ3) is 2.52. The van der Waals surface area contributed by atoms with Gasteiger partial charge in [-0.1, -0.05) is 0 Å². The van der Waals surface area contributed by atoms with Crippen LogP contribution in [-0.4, -0.2) is 18.4 Å². The predicted molar refractivity (Wildman–Crippen MR) is 77.7 cm³/mol. The van der Waals surface area contributed by atoms with Gasteiger partial charge in [0.25, 0.3) is 10.0 Å². The number of nitrogens with zero attached hydrogens (tertiary/aromatic N) is 1. The molecule has 8 heteroatoms. The second-order valence-electron chi connectivity index (χ2n) is 4.43. The molecule has 2 aromatic heterocycles. The molecule has 2 heterocycles. The van der Waals surface area contributed by atoms with Crippen LogP contribution in [0.5, 0.6) is 0 Å². The molecule has 108 valence electrons. The SMILES string of the molecule is Nc1ccc2[nH]cc(S(=O)(=O)Nc3ccc(F)nc3)c2c1. The average Bonchev–Trinajstić information content (AvgIpc) is 2.85. The number of rotatable bonds is 3. The molecule has 4 N–H and O–H groups in total. The molecule has 21 heavy (non-hydrogen) atoms. The molecule has 0 saturated heterocycles. The highest BCUT2D eigenvalue weighted by Gasteiger charge is 2.19. The monoisotopic (exact) mass is 306 g/mol. The van der Waals surface area contributed by atoms with E-state index in [9.17, 15) is 12.8 Å². The molecule has 3 rings (SSSR count). The molecule has 0 spiro atoms. The van der Waals surface area contributed by atoms with Crippen LogP contribution >= 0.6 is 0 Å². The van der Waals surface area contributed by atoms with Crippen molar-refractivity contribution in [2.75, 3.05) is 10.5 Å². The molecule has 0 bridgehead atoms. The molecule has 0 atom stereocenters. The number of anilines is 2. The second-order valence-corrected chi connectivity index (χ2v) is 6.08. The summed E-state index contributed by atoms with van der Waals surface area (Å²) < 4.78 is 39.8. The molecule has 0 radical (unpaired) electrons. The highest BCUT2D eigenvalue weighted by molar-refractivity contribution is 7.93. The van der Waals surface area contributed by atoms with E-state index in [2.05, 4.69) is 14.7 Å². The topological polar surface area (TPSA) is 101 Å². The maximum absolute atomic E-state index is 12.7. The van der Waals surface area contributed by atoms with Crippen LogP contribution in [0.3, 0.4) is 0 Å². The first kappa shape index (κ1) is 13.4. The maximum Gasteiger partial charge on any atom is 0.264 e. The quantitative estimate of drug-likeness (QED) is 0.509. The van der Waals surface area contributed by atoms with Crippen LogP contribution in [0.15, 0.2) is 47.6 Å². The highest BCUT2D eigenvalue weighted by atomic mass is 32.2. The van der Waals surface area contributed by atoms with Gasteiger partial charge in [-0.2, -0.15) is 4.39 Å². The number of pyridine rings is 1. The van der Waals surface area contributed by atoms with Gasteiger partial charge in [-0.05, 0) is 30.3 Å². The van der Waals surface area contributed by atoms with Gasteiger partial charge in [0.05, 0.1) is 11.9 Å². The van der Waals surface area contributed by atoms with E-state index in [-0.39, 0.29) is 10.6 Å². The number of hydrogen-bond acceptors (Lipinski definition) is 4. The van der Waals surface area contributed by atoms with Gasteiger partial charge in [-0.25, -0.2) is 13.4 Å². The summed E-state index contributed by atoms with van der Waals surface area (Å²) in [6, 6.07) is 7.31. The van der Waals surface area contributed by atoms with Crippen molar-refractivity contribution in [3.8, 4) is 0 Å². The first-order valence-electron chi connectivity index (χ1n) is 5.97. The number of nitrogens with two attached hydrogens (primary N) is 1. The molecule has 0 aliphatic rings. The van der Waals surface area contributed by atoms with Crippen molar-refractivity contribution in [2.24, 2.45) is 0 Å². The fraction of sp³-hybridized carbons (Fsp3) is 0. The predicted octanol–water partition coefficient (Wildman–Crippen LogP) is 2.08. The van der Waals surface area contributed by atoms with Crippen molar-refractivity contribution in [2.45, 2.75) is 4.90 Å². The lowest BCUT2D eigenvalue weighted by molar-refractivity contribution is 0.583. The van der Waals surface area contributed by atoms with Crippen LogP contribution < -0.4 is 10.5 Å². The van der Waals surface area contributed by atoms with E-state index >= 15 is 0 Å². The van der Waals surface area contributed by atoms with Crippen molar-refractivity contribution in [3.63, 3.8) is 0 Å². The number of aromatic nitrogens is 2. The largest absolute Gasteiger partial charge is 0.399 e. The van der Waals surface area contributed by atoms with Crippen LogP contribution in [0.25, 0.3) is 10.9 Å². The van der Waals surface area contributed by atoms with E-state index < -0.39 is 16.0 Å². The van der Waals surface area contributed by atoms with Gasteiger partial charge in [0.2, 0.25) is 5.95 Å². The molecular formula is C13H11FN4O2S. The number of sulfonamides is 1. The van der Waals surface area contributed by atoms with Crippen LogP contribution in [0.1, 0.15) is 0 Å². The van der Waals surface area contributed by atoms with Crippen LogP contribution in [0, 0.1) is 5.95 Å². The third-order valence-corrected chi connectivity index (χ3v) is 4.36. The van der Waals surface area contributed by atoms with Crippen molar-refractivity contribution < 1.29 is 12.8 Å². The van der Waals surface area contributed by atoms with Crippen LogP contribution in [0.4, 0.5) is 15.8 Å². The summed E-state index contributed by atoms with van der Waals surface area (Å²) in [7, 11) is -3.83. The Morgan fingerprint density at radius 3 is 2.76 bits per heavy atom. The van der Waals surface area contributed by atoms with Gasteiger partial charge in [0.1, 0.15) is 4.90 Å². The summed E-state index contributed by atoms with van der Waals surface area (Å²) in [6.45, 7) is 0. The Bertz CT molecular complexity index is 904. The van der Waals surface area contributed by atoms with E-state index in [1.807, 2.05) is 0 Å². The fourth-order valence-corrected chi connectivity index (χ4v) is 3.19. The van der Waals surface area contributed by atoms with E-state index in [0.29, 0.717) is 16.6 Å². The number of halogens is 1. The minimum absolute atomic E-state index is 0.0640. The van der Waals surface area contributed by atoms with Crippen molar-refractivity contribution >= 4 is 32.3 Å². The zero-order valence-corrected chi connectivity index (χ0v) is 11.5. The third-order valence-electron chi connectivity index (χ3n) is 2.94. The molecule has 3 aromatic rings. The first-order chi connectivity index (χ1) is 9.95. The number of hydrogen-bond donors (Lipinski definition) is 3. The molecule has 0 aliphatic heterocycles. The molecule has 0 aliphatic carbocycles. The second kappa shape index (κ2) is 4.74. The maximum atomic E-state index is 12.7. The number of H-pyrrole nitrogens is 1. The summed E-state index contributed by atoms with van der Waals surface area (Å²) in [4.78, 5) is 6.33. The number of nitrogens with one attached hydrogen (secondary N) is 2. The zero-order valence-electron chi connectivity index (χ0n) is 10.7. The van der Waals surface area contributed by atoms with Crippen LogP contribution in [-0.2, 0) is 10.0 Å². The van der Waals surface area contributed by atoms with Crippen molar-refractivity contribution in [1.29, 1.82) is 0 Å². The standard InChI is InChI=1S/C13H11FN4O2S/c14-13-4-2-9(6-17-13)18-21(19,20)12-7-16-11-3-1-8(15)5-10(11)12/h1-7,16,18H,15H2. The van der Waals surface area contributed by atoms with Crippen molar-refractivity contribution in [1.82, 2.24) is 9.97 Å². The lowest BCUT2D eigenvalue weighted by Gasteiger charge is -2.06. The Balaban J connectivity index is 2.04. The van der Waals surface area contributed by atoms with Crippen LogP contribution in [0.2, 0.25) is 0 Å². The highest BCUT2D eigenvalue weighted by Crippen LogP contribution is 2.26. The van der Waals surface area contributed by atoms with E-state index in [1.54, 1.807) is 18.2 Å². The number of benzene rings is 1. The zero-order chi connectivity index (χ0) is 15.0. The Morgan fingerprint density at radius 2 is 2.05 bits per heavy atom. The lowest BCUT2D eigenvalue weighted by Crippen LogP contribution is -2.12. The molecule has 0 fully saturated rings. The Labute approximate surface area is 119 Å².